The van der Waals surface area contributed by atoms with Crippen LogP contribution in [0.1, 0.15) is 39.2 Å². The lowest BCUT2D eigenvalue weighted by Gasteiger charge is -2.23. The molecule has 1 aliphatic rings. The fourth-order valence-corrected chi connectivity index (χ4v) is 3.14. The minimum Gasteiger partial charge on any atom is -0.476 e. The number of aliphatic imine (C=N–C) groups is 1. The number of pyridine rings is 1. The van der Waals surface area contributed by atoms with Crippen LogP contribution < -0.4 is 15.8 Å². The summed E-state index contributed by atoms with van der Waals surface area (Å²) < 4.78 is 5.57. The number of guanidine groups is 1. The van der Waals surface area contributed by atoms with Gasteiger partial charge in [-0.15, -0.1) is 0 Å². The molecule has 140 valence electrons. The average Bonchev–Trinajstić information content (AvgIpc) is 3.04. The number of likely N-dealkylation sites (tertiary alicyclic amines) is 1. The van der Waals surface area contributed by atoms with E-state index in [4.69, 9.17) is 22.1 Å². The van der Waals surface area contributed by atoms with Crippen molar-refractivity contribution in [3.05, 3.63) is 22.8 Å². The molecule has 0 spiro atoms. The maximum Gasteiger partial charge on any atom is 0.232 e. The van der Waals surface area contributed by atoms with Gasteiger partial charge in [0.15, 0.2) is 5.96 Å². The van der Waals surface area contributed by atoms with Crippen LogP contribution >= 0.6 is 11.6 Å². The van der Waals surface area contributed by atoms with Crippen LogP contribution in [0.2, 0.25) is 5.02 Å². The van der Waals surface area contributed by atoms with Gasteiger partial charge in [0.1, 0.15) is 5.02 Å². The van der Waals surface area contributed by atoms with Crippen LogP contribution in [-0.2, 0) is 6.54 Å². The van der Waals surface area contributed by atoms with Crippen molar-refractivity contribution in [2.75, 3.05) is 26.2 Å². The van der Waals surface area contributed by atoms with Crippen LogP contribution in [-0.4, -0.2) is 48.1 Å². The number of halogens is 1. The Bertz CT molecular complexity index is 579. The molecule has 0 bridgehead atoms. The van der Waals surface area contributed by atoms with E-state index < -0.39 is 0 Å². The molecule has 0 saturated carbocycles. The van der Waals surface area contributed by atoms with E-state index in [0.717, 1.165) is 18.7 Å². The molecule has 1 aliphatic heterocycles. The molecule has 0 amide bonds. The Morgan fingerprint density at radius 1 is 1.56 bits per heavy atom. The first-order valence-electron chi connectivity index (χ1n) is 9.04. The number of aromatic nitrogens is 1. The maximum absolute atomic E-state index is 6.22. The standard InChI is InChI=1S/C18H30ClN5O/c1-4-24-7-5-6-15(24)11-23-18(20)22-10-14-8-16(19)17(21-9-14)25-12-13(2)3/h8-9,13,15H,4-7,10-12H2,1-3H3,(H3,20,22,23). The predicted octanol–water partition coefficient (Wildman–Crippen LogP) is 2.66. The zero-order valence-electron chi connectivity index (χ0n) is 15.5. The molecule has 1 aromatic rings. The van der Waals surface area contributed by atoms with Gasteiger partial charge in [-0.1, -0.05) is 32.4 Å². The van der Waals surface area contributed by atoms with E-state index in [9.17, 15) is 0 Å². The van der Waals surface area contributed by atoms with E-state index in [1.54, 1.807) is 6.20 Å². The van der Waals surface area contributed by atoms with Crippen LogP contribution in [0.15, 0.2) is 17.3 Å². The first-order chi connectivity index (χ1) is 12.0. The highest BCUT2D eigenvalue weighted by molar-refractivity contribution is 6.31. The number of nitrogens with one attached hydrogen (secondary N) is 1. The van der Waals surface area contributed by atoms with Gasteiger partial charge >= 0.3 is 0 Å². The van der Waals surface area contributed by atoms with E-state index in [0.29, 0.717) is 42.0 Å². The molecule has 1 aromatic heterocycles. The Morgan fingerprint density at radius 2 is 2.36 bits per heavy atom. The molecule has 0 radical (unpaired) electrons. The molecule has 6 nitrogen and oxygen atoms in total. The number of rotatable bonds is 8. The van der Waals surface area contributed by atoms with Crippen molar-refractivity contribution >= 4 is 17.6 Å². The summed E-state index contributed by atoms with van der Waals surface area (Å²) in [5.74, 6) is 1.35. The third kappa shape index (κ3) is 6.36. The van der Waals surface area contributed by atoms with Gasteiger partial charge in [0.2, 0.25) is 5.88 Å². The predicted molar refractivity (Wildman–Crippen MR) is 103 cm³/mol. The second-order valence-electron chi connectivity index (χ2n) is 6.84. The molecule has 2 heterocycles. The van der Waals surface area contributed by atoms with Crippen molar-refractivity contribution in [3.8, 4) is 5.88 Å². The first kappa shape index (κ1) is 19.8. The highest BCUT2D eigenvalue weighted by Gasteiger charge is 2.22. The van der Waals surface area contributed by atoms with Gasteiger partial charge in [0.25, 0.3) is 0 Å². The molecular formula is C18H30ClN5O. The number of ether oxygens (including phenoxy) is 1. The SMILES string of the molecule is CCN1CCCC1CNC(N)=NCc1cnc(OCC(C)C)c(Cl)c1. The number of nitrogens with zero attached hydrogens (tertiary/aromatic N) is 3. The van der Waals surface area contributed by atoms with E-state index >= 15 is 0 Å². The van der Waals surface area contributed by atoms with Gasteiger partial charge in [0.05, 0.1) is 13.2 Å². The van der Waals surface area contributed by atoms with E-state index in [1.165, 1.54) is 19.4 Å². The summed E-state index contributed by atoms with van der Waals surface area (Å²) in [5.41, 5.74) is 6.88. The second kappa shape index (κ2) is 9.82. The molecule has 0 aromatic carbocycles. The minimum atomic E-state index is 0.427. The van der Waals surface area contributed by atoms with Crippen molar-refractivity contribution in [1.82, 2.24) is 15.2 Å². The lowest BCUT2D eigenvalue weighted by molar-refractivity contribution is 0.261. The van der Waals surface area contributed by atoms with Gasteiger partial charge in [-0.3, -0.25) is 4.90 Å². The highest BCUT2D eigenvalue weighted by atomic mass is 35.5. The fraction of sp³-hybridized carbons (Fsp3) is 0.667. The Hall–Kier alpha value is -1.53. The lowest BCUT2D eigenvalue weighted by atomic mass is 10.2. The Labute approximate surface area is 155 Å². The smallest absolute Gasteiger partial charge is 0.232 e. The van der Waals surface area contributed by atoms with Crippen molar-refractivity contribution in [3.63, 3.8) is 0 Å². The molecule has 1 fully saturated rings. The lowest BCUT2D eigenvalue weighted by Crippen LogP contribution is -2.42. The van der Waals surface area contributed by atoms with Crippen LogP contribution in [0.4, 0.5) is 0 Å². The third-order valence-corrected chi connectivity index (χ3v) is 4.54. The van der Waals surface area contributed by atoms with Gasteiger partial charge in [0, 0.05) is 18.8 Å². The van der Waals surface area contributed by atoms with Crippen molar-refractivity contribution in [1.29, 1.82) is 0 Å². The van der Waals surface area contributed by atoms with Crippen LogP contribution in [0.25, 0.3) is 0 Å². The molecule has 25 heavy (non-hydrogen) atoms. The minimum absolute atomic E-state index is 0.427. The molecular weight excluding hydrogens is 338 g/mol. The first-order valence-corrected chi connectivity index (χ1v) is 9.42. The number of nitrogens with two attached hydrogens (primary N) is 1. The Kier molecular flexibility index (Phi) is 7.78. The summed E-state index contributed by atoms with van der Waals surface area (Å²) in [6.45, 7) is 10.5. The topological polar surface area (TPSA) is 75.8 Å². The quantitative estimate of drug-likeness (QED) is 0.545. The summed E-state index contributed by atoms with van der Waals surface area (Å²) in [6, 6.07) is 2.38. The molecule has 3 N–H and O–H groups in total. The van der Waals surface area contributed by atoms with E-state index in [-0.39, 0.29) is 0 Å². The monoisotopic (exact) mass is 367 g/mol. The van der Waals surface area contributed by atoms with Gasteiger partial charge in [-0.05, 0) is 43.5 Å². The van der Waals surface area contributed by atoms with Gasteiger partial charge < -0.3 is 15.8 Å². The van der Waals surface area contributed by atoms with E-state index in [2.05, 4.69) is 41.0 Å². The summed E-state index contributed by atoms with van der Waals surface area (Å²) in [6.07, 6.45) is 4.20. The highest BCUT2D eigenvalue weighted by Crippen LogP contribution is 2.23. The molecule has 2 rings (SSSR count). The second-order valence-corrected chi connectivity index (χ2v) is 7.25. The maximum atomic E-state index is 6.22. The van der Waals surface area contributed by atoms with Crippen LogP contribution in [0, 0.1) is 5.92 Å². The third-order valence-electron chi connectivity index (χ3n) is 4.27. The van der Waals surface area contributed by atoms with Crippen LogP contribution in [0.5, 0.6) is 5.88 Å². The summed E-state index contributed by atoms with van der Waals surface area (Å²) in [4.78, 5) is 11.1. The number of hydrogen-bond acceptors (Lipinski definition) is 4. The normalized spacial score (nSPS) is 18.8. The number of hydrogen-bond donors (Lipinski definition) is 2. The van der Waals surface area contributed by atoms with Crippen molar-refractivity contribution < 1.29 is 4.74 Å². The fourth-order valence-electron chi connectivity index (χ4n) is 2.90. The number of likely N-dealkylation sites (N-methyl/N-ethyl adjacent to an activating group) is 1. The molecule has 1 atom stereocenters. The zero-order chi connectivity index (χ0) is 18.2. The Morgan fingerprint density at radius 3 is 3.04 bits per heavy atom. The largest absolute Gasteiger partial charge is 0.476 e. The molecule has 7 heteroatoms. The summed E-state index contributed by atoms with van der Waals surface area (Å²) in [7, 11) is 0. The summed E-state index contributed by atoms with van der Waals surface area (Å²) >= 11 is 6.22. The molecule has 1 saturated heterocycles. The summed E-state index contributed by atoms with van der Waals surface area (Å²) in [5, 5.41) is 3.73. The molecule has 0 aliphatic carbocycles. The van der Waals surface area contributed by atoms with Crippen molar-refractivity contribution in [2.45, 2.75) is 46.2 Å². The zero-order valence-corrected chi connectivity index (χ0v) is 16.2. The average molecular weight is 368 g/mol. The molecule has 1 unspecified atom stereocenters. The van der Waals surface area contributed by atoms with E-state index in [1.807, 2.05) is 6.07 Å². The van der Waals surface area contributed by atoms with Gasteiger partial charge in [-0.2, -0.15) is 0 Å². The Balaban J connectivity index is 1.82. The van der Waals surface area contributed by atoms with Crippen LogP contribution in [0.3, 0.4) is 0 Å². The van der Waals surface area contributed by atoms with Crippen molar-refractivity contribution in [2.24, 2.45) is 16.6 Å². The van der Waals surface area contributed by atoms with Gasteiger partial charge in [-0.25, -0.2) is 9.98 Å².